The average molecular weight is 340 g/mol. The van der Waals surface area contributed by atoms with Gasteiger partial charge in [-0.15, -0.1) is 0 Å². The van der Waals surface area contributed by atoms with Gasteiger partial charge in [-0.25, -0.2) is 4.79 Å². The number of primary amides is 1. The second-order valence-corrected chi connectivity index (χ2v) is 5.59. The number of hydrogen-bond donors (Lipinski definition) is 3. The van der Waals surface area contributed by atoms with Gasteiger partial charge in [0, 0.05) is 36.6 Å². The molecule has 3 amide bonds. The van der Waals surface area contributed by atoms with Gasteiger partial charge in [0.25, 0.3) is 5.91 Å². The first-order valence-electron chi connectivity index (χ1n) is 8.32. The molecule has 0 heterocycles. The van der Waals surface area contributed by atoms with Crippen molar-refractivity contribution in [2.45, 2.75) is 20.4 Å². The molecule has 0 fully saturated rings. The van der Waals surface area contributed by atoms with E-state index in [1.165, 1.54) is 0 Å². The zero-order chi connectivity index (χ0) is 18.2. The van der Waals surface area contributed by atoms with Crippen molar-refractivity contribution in [2.75, 3.05) is 23.3 Å². The molecule has 0 saturated carbocycles. The van der Waals surface area contributed by atoms with Crippen molar-refractivity contribution in [3.05, 3.63) is 59.7 Å². The van der Waals surface area contributed by atoms with Gasteiger partial charge in [-0.3, -0.25) is 4.79 Å². The summed E-state index contributed by atoms with van der Waals surface area (Å²) in [6.07, 6.45) is 0. The molecule has 2 aromatic rings. The SMILES string of the molecule is CCN(CC)c1ccc(NC(=O)c2ccc(CNC(N)=O)cc2)cc1. The van der Waals surface area contributed by atoms with Crippen LogP contribution in [0.5, 0.6) is 0 Å². The molecule has 0 bridgehead atoms. The van der Waals surface area contributed by atoms with E-state index >= 15 is 0 Å². The standard InChI is InChI=1S/C19H24N4O2/c1-3-23(4-2)17-11-9-16(10-12-17)22-18(24)15-7-5-14(6-8-15)13-21-19(20)25/h5-12H,3-4,13H2,1-2H3,(H,22,24)(H3,20,21,25). The molecule has 2 aromatic carbocycles. The minimum atomic E-state index is -0.574. The Morgan fingerprint density at radius 3 is 2.08 bits per heavy atom. The average Bonchev–Trinajstić information content (AvgIpc) is 2.62. The van der Waals surface area contributed by atoms with E-state index in [0.717, 1.165) is 30.0 Å². The maximum Gasteiger partial charge on any atom is 0.312 e. The molecule has 0 aliphatic heterocycles. The number of nitrogens with two attached hydrogens (primary N) is 1. The van der Waals surface area contributed by atoms with E-state index in [4.69, 9.17) is 5.73 Å². The maximum atomic E-state index is 12.3. The van der Waals surface area contributed by atoms with Gasteiger partial charge in [0.2, 0.25) is 0 Å². The molecule has 0 aliphatic rings. The second-order valence-electron chi connectivity index (χ2n) is 5.59. The van der Waals surface area contributed by atoms with Crippen LogP contribution in [0.4, 0.5) is 16.2 Å². The molecule has 0 radical (unpaired) electrons. The number of hydrogen-bond acceptors (Lipinski definition) is 3. The lowest BCUT2D eigenvalue weighted by Crippen LogP contribution is -2.28. The molecule has 0 saturated heterocycles. The molecule has 132 valence electrons. The van der Waals surface area contributed by atoms with E-state index in [2.05, 4.69) is 29.4 Å². The van der Waals surface area contributed by atoms with E-state index in [1.807, 2.05) is 24.3 Å². The van der Waals surface area contributed by atoms with Crippen molar-refractivity contribution in [3.8, 4) is 0 Å². The van der Waals surface area contributed by atoms with Crippen LogP contribution in [0.25, 0.3) is 0 Å². The van der Waals surface area contributed by atoms with Crippen LogP contribution < -0.4 is 21.3 Å². The van der Waals surface area contributed by atoms with Crippen LogP contribution in [0, 0.1) is 0 Å². The fraction of sp³-hybridized carbons (Fsp3) is 0.263. The lowest BCUT2D eigenvalue weighted by Gasteiger charge is -2.21. The Balaban J connectivity index is 1.98. The molecule has 6 heteroatoms. The number of nitrogens with one attached hydrogen (secondary N) is 2. The number of urea groups is 1. The van der Waals surface area contributed by atoms with Gasteiger partial charge in [-0.05, 0) is 55.8 Å². The monoisotopic (exact) mass is 340 g/mol. The Morgan fingerprint density at radius 2 is 1.56 bits per heavy atom. The first kappa shape index (κ1) is 18.3. The Kier molecular flexibility index (Phi) is 6.39. The second kappa shape index (κ2) is 8.73. The molecular weight excluding hydrogens is 316 g/mol. The minimum absolute atomic E-state index is 0.176. The largest absolute Gasteiger partial charge is 0.372 e. The molecular formula is C19H24N4O2. The predicted octanol–water partition coefficient (Wildman–Crippen LogP) is 2.95. The summed E-state index contributed by atoms with van der Waals surface area (Å²) >= 11 is 0. The summed E-state index contributed by atoms with van der Waals surface area (Å²) in [5, 5.41) is 5.39. The molecule has 4 N–H and O–H groups in total. The highest BCUT2D eigenvalue weighted by Gasteiger charge is 2.07. The number of carbonyl (C=O) groups is 2. The molecule has 0 aromatic heterocycles. The van der Waals surface area contributed by atoms with Crippen LogP contribution in [0.15, 0.2) is 48.5 Å². The van der Waals surface area contributed by atoms with E-state index < -0.39 is 6.03 Å². The van der Waals surface area contributed by atoms with Crippen LogP contribution in [-0.2, 0) is 6.54 Å². The fourth-order valence-electron chi connectivity index (χ4n) is 2.51. The topological polar surface area (TPSA) is 87.5 Å². The van der Waals surface area contributed by atoms with Gasteiger partial charge in [-0.2, -0.15) is 0 Å². The smallest absolute Gasteiger partial charge is 0.312 e. The van der Waals surface area contributed by atoms with E-state index in [1.54, 1.807) is 24.3 Å². The van der Waals surface area contributed by atoms with Crippen LogP contribution in [0.2, 0.25) is 0 Å². The van der Waals surface area contributed by atoms with Gasteiger partial charge < -0.3 is 21.3 Å². The number of amides is 3. The van der Waals surface area contributed by atoms with Crippen molar-refractivity contribution in [2.24, 2.45) is 5.73 Å². The first-order valence-corrected chi connectivity index (χ1v) is 8.32. The summed E-state index contributed by atoms with van der Waals surface area (Å²) in [6.45, 7) is 6.45. The Bertz CT molecular complexity index is 707. The van der Waals surface area contributed by atoms with Crippen LogP contribution in [-0.4, -0.2) is 25.0 Å². The van der Waals surface area contributed by atoms with Crippen LogP contribution >= 0.6 is 0 Å². The Labute approximate surface area is 148 Å². The highest BCUT2D eigenvalue weighted by atomic mass is 16.2. The number of nitrogens with zero attached hydrogens (tertiary/aromatic N) is 1. The van der Waals surface area contributed by atoms with Crippen molar-refractivity contribution >= 4 is 23.3 Å². The normalized spacial score (nSPS) is 10.2. The summed E-state index contributed by atoms with van der Waals surface area (Å²) in [6, 6.07) is 14.2. The summed E-state index contributed by atoms with van der Waals surface area (Å²) in [4.78, 5) is 25.3. The number of anilines is 2. The third-order valence-electron chi connectivity index (χ3n) is 3.94. The van der Waals surface area contributed by atoms with Gasteiger partial charge >= 0.3 is 6.03 Å². The predicted molar refractivity (Wildman–Crippen MR) is 101 cm³/mol. The number of rotatable bonds is 7. The van der Waals surface area contributed by atoms with Crippen molar-refractivity contribution in [1.29, 1.82) is 0 Å². The molecule has 0 atom stereocenters. The van der Waals surface area contributed by atoms with E-state index in [-0.39, 0.29) is 5.91 Å². The zero-order valence-electron chi connectivity index (χ0n) is 14.6. The van der Waals surface area contributed by atoms with Crippen molar-refractivity contribution in [1.82, 2.24) is 5.32 Å². The van der Waals surface area contributed by atoms with Crippen molar-refractivity contribution in [3.63, 3.8) is 0 Å². The Morgan fingerprint density at radius 1 is 0.960 bits per heavy atom. The molecule has 6 nitrogen and oxygen atoms in total. The maximum absolute atomic E-state index is 12.3. The number of carbonyl (C=O) groups excluding carboxylic acids is 2. The van der Waals surface area contributed by atoms with Gasteiger partial charge in [-0.1, -0.05) is 12.1 Å². The molecule has 0 unspecified atom stereocenters. The van der Waals surface area contributed by atoms with Gasteiger partial charge in [0.15, 0.2) is 0 Å². The quantitative estimate of drug-likeness (QED) is 0.724. The van der Waals surface area contributed by atoms with Crippen LogP contribution in [0.3, 0.4) is 0 Å². The van der Waals surface area contributed by atoms with Crippen molar-refractivity contribution < 1.29 is 9.59 Å². The summed E-state index contributed by atoms with van der Waals surface area (Å²) in [5.41, 5.74) is 8.34. The van der Waals surface area contributed by atoms with E-state index in [9.17, 15) is 9.59 Å². The summed E-state index contributed by atoms with van der Waals surface area (Å²) in [5.74, 6) is -0.176. The van der Waals surface area contributed by atoms with Crippen LogP contribution in [0.1, 0.15) is 29.8 Å². The third kappa shape index (κ3) is 5.24. The van der Waals surface area contributed by atoms with E-state index in [0.29, 0.717) is 12.1 Å². The Hall–Kier alpha value is -3.02. The molecule has 0 spiro atoms. The molecule has 25 heavy (non-hydrogen) atoms. The highest BCUT2D eigenvalue weighted by Crippen LogP contribution is 2.18. The third-order valence-corrected chi connectivity index (χ3v) is 3.94. The number of benzene rings is 2. The summed E-state index contributed by atoms with van der Waals surface area (Å²) < 4.78 is 0. The van der Waals surface area contributed by atoms with Gasteiger partial charge in [0.05, 0.1) is 0 Å². The minimum Gasteiger partial charge on any atom is -0.372 e. The first-order chi connectivity index (χ1) is 12.0. The summed E-state index contributed by atoms with van der Waals surface area (Å²) in [7, 11) is 0. The lowest BCUT2D eigenvalue weighted by atomic mass is 10.1. The highest BCUT2D eigenvalue weighted by molar-refractivity contribution is 6.04. The molecule has 0 aliphatic carbocycles. The lowest BCUT2D eigenvalue weighted by molar-refractivity contribution is 0.102. The molecule has 2 rings (SSSR count). The fourth-order valence-corrected chi connectivity index (χ4v) is 2.51. The zero-order valence-corrected chi connectivity index (χ0v) is 14.6. The van der Waals surface area contributed by atoms with Gasteiger partial charge in [0.1, 0.15) is 0 Å².